The van der Waals surface area contributed by atoms with Crippen LogP contribution in [0.4, 0.5) is 0 Å². The van der Waals surface area contributed by atoms with Crippen LogP contribution >= 0.6 is 12.4 Å². The van der Waals surface area contributed by atoms with Crippen LogP contribution in [0, 0.1) is 0 Å². The number of benzene rings is 1. The first-order valence-corrected chi connectivity index (χ1v) is 7.93. The Labute approximate surface area is 143 Å². The van der Waals surface area contributed by atoms with Gasteiger partial charge < -0.3 is 20.1 Å². The van der Waals surface area contributed by atoms with Crippen molar-refractivity contribution >= 4 is 18.3 Å². The highest BCUT2D eigenvalue weighted by Crippen LogP contribution is 2.36. The van der Waals surface area contributed by atoms with Gasteiger partial charge in [0.05, 0.1) is 5.41 Å². The van der Waals surface area contributed by atoms with Crippen LogP contribution in [-0.2, 0) is 10.2 Å². The summed E-state index contributed by atoms with van der Waals surface area (Å²) in [4.78, 5) is 14.8. The van der Waals surface area contributed by atoms with E-state index in [1.54, 1.807) is 0 Å². The SMILES string of the molecule is CC(C)(C(=O)N1CCC(N)CC1)c1ccc2c(c1)OCCO2.Cl. The maximum atomic E-state index is 12.9. The average Bonchev–Trinajstić information content (AvgIpc) is 2.54. The predicted molar refractivity (Wildman–Crippen MR) is 91.5 cm³/mol. The fraction of sp³-hybridized carbons (Fsp3) is 0.588. The Morgan fingerprint density at radius 2 is 1.78 bits per heavy atom. The second kappa shape index (κ2) is 6.97. The second-order valence-electron chi connectivity index (χ2n) is 6.61. The summed E-state index contributed by atoms with van der Waals surface area (Å²) in [6.45, 7) is 6.55. The van der Waals surface area contributed by atoms with Crippen molar-refractivity contribution in [2.45, 2.75) is 38.1 Å². The minimum absolute atomic E-state index is 0. The Morgan fingerprint density at radius 3 is 2.43 bits per heavy atom. The van der Waals surface area contributed by atoms with E-state index in [1.165, 1.54) is 0 Å². The van der Waals surface area contributed by atoms with Crippen molar-refractivity contribution in [3.05, 3.63) is 23.8 Å². The zero-order chi connectivity index (χ0) is 15.7. The van der Waals surface area contributed by atoms with Gasteiger partial charge in [0.15, 0.2) is 11.5 Å². The number of ether oxygens (including phenoxy) is 2. The molecule has 128 valence electrons. The van der Waals surface area contributed by atoms with Gasteiger partial charge in [-0.1, -0.05) is 6.07 Å². The van der Waals surface area contributed by atoms with E-state index >= 15 is 0 Å². The molecule has 0 unspecified atom stereocenters. The number of carbonyl (C=O) groups is 1. The summed E-state index contributed by atoms with van der Waals surface area (Å²) in [5, 5.41) is 0. The molecule has 0 saturated carbocycles. The Kier molecular flexibility index (Phi) is 5.42. The summed E-state index contributed by atoms with van der Waals surface area (Å²) >= 11 is 0. The van der Waals surface area contributed by atoms with Gasteiger partial charge in [-0.2, -0.15) is 0 Å². The summed E-state index contributed by atoms with van der Waals surface area (Å²) in [5.41, 5.74) is 6.29. The van der Waals surface area contributed by atoms with E-state index < -0.39 is 5.41 Å². The number of halogens is 1. The number of amides is 1. The number of fused-ring (bicyclic) bond motifs is 1. The summed E-state index contributed by atoms with van der Waals surface area (Å²) in [7, 11) is 0. The van der Waals surface area contributed by atoms with E-state index in [0.29, 0.717) is 13.2 Å². The van der Waals surface area contributed by atoms with Gasteiger partial charge in [0.2, 0.25) is 5.91 Å². The van der Waals surface area contributed by atoms with Crippen molar-refractivity contribution in [2.24, 2.45) is 5.73 Å². The van der Waals surface area contributed by atoms with Crippen molar-refractivity contribution in [1.29, 1.82) is 0 Å². The van der Waals surface area contributed by atoms with Crippen LogP contribution in [0.3, 0.4) is 0 Å². The Morgan fingerprint density at radius 1 is 1.17 bits per heavy atom. The van der Waals surface area contributed by atoms with E-state index in [2.05, 4.69) is 0 Å². The van der Waals surface area contributed by atoms with Gasteiger partial charge in [-0.25, -0.2) is 0 Å². The molecule has 3 rings (SSSR count). The largest absolute Gasteiger partial charge is 0.486 e. The molecule has 1 saturated heterocycles. The summed E-state index contributed by atoms with van der Waals surface area (Å²) in [5.74, 6) is 1.63. The number of rotatable bonds is 2. The zero-order valence-corrected chi connectivity index (χ0v) is 14.5. The Balaban J connectivity index is 0.00000192. The third kappa shape index (κ3) is 3.56. The number of carbonyl (C=O) groups excluding carboxylic acids is 1. The second-order valence-corrected chi connectivity index (χ2v) is 6.61. The molecule has 0 aliphatic carbocycles. The van der Waals surface area contributed by atoms with Crippen molar-refractivity contribution in [1.82, 2.24) is 4.90 Å². The van der Waals surface area contributed by atoms with Crippen LogP contribution in [0.2, 0.25) is 0 Å². The first-order chi connectivity index (χ1) is 10.5. The predicted octanol–water partition coefficient (Wildman–Crippen LogP) is 2.11. The minimum Gasteiger partial charge on any atom is -0.486 e. The van der Waals surface area contributed by atoms with Gasteiger partial charge in [-0.3, -0.25) is 4.79 Å². The highest BCUT2D eigenvalue weighted by molar-refractivity contribution is 5.87. The van der Waals surface area contributed by atoms with Gasteiger partial charge in [-0.05, 0) is 44.4 Å². The van der Waals surface area contributed by atoms with Crippen molar-refractivity contribution in [3.8, 4) is 11.5 Å². The topological polar surface area (TPSA) is 64.8 Å². The summed E-state index contributed by atoms with van der Waals surface area (Å²) < 4.78 is 11.2. The van der Waals surface area contributed by atoms with Crippen molar-refractivity contribution in [2.75, 3.05) is 26.3 Å². The lowest BCUT2D eigenvalue weighted by Gasteiger charge is -2.36. The van der Waals surface area contributed by atoms with Gasteiger partial charge in [-0.15, -0.1) is 12.4 Å². The van der Waals surface area contributed by atoms with Gasteiger partial charge >= 0.3 is 0 Å². The molecule has 0 spiro atoms. The maximum Gasteiger partial charge on any atom is 0.232 e. The lowest BCUT2D eigenvalue weighted by atomic mass is 9.82. The van der Waals surface area contributed by atoms with Crippen LogP contribution in [0.15, 0.2) is 18.2 Å². The highest BCUT2D eigenvalue weighted by atomic mass is 35.5. The molecule has 0 atom stereocenters. The molecule has 2 N–H and O–H groups in total. The molecule has 2 aliphatic heterocycles. The lowest BCUT2D eigenvalue weighted by Crippen LogP contribution is -2.49. The smallest absolute Gasteiger partial charge is 0.232 e. The van der Waals surface area contributed by atoms with Gasteiger partial charge in [0.25, 0.3) is 0 Å². The Hall–Kier alpha value is -1.46. The number of hydrogen-bond donors (Lipinski definition) is 1. The molecule has 1 aromatic rings. The van der Waals surface area contributed by atoms with E-state index in [-0.39, 0.29) is 24.4 Å². The van der Waals surface area contributed by atoms with Crippen LogP contribution in [0.1, 0.15) is 32.3 Å². The third-order valence-corrected chi connectivity index (χ3v) is 4.63. The zero-order valence-electron chi connectivity index (χ0n) is 13.7. The molecular formula is C17H25ClN2O3. The van der Waals surface area contributed by atoms with E-state index in [9.17, 15) is 4.79 Å². The van der Waals surface area contributed by atoms with E-state index in [1.807, 2.05) is 36.9 Å². The normalized spacial score (nSPS) is 18.3. The van der Waals surface area contributed by atoms with Crippen LogP contribution in [-0.4, -0.2) is 43.2 Å². The summed E-state index contributed by atoms with van der Waals surface area (Å²) in [6, 6.07) is 6.01. The third-order valence-electron chi connectivity index (χ3n) is 4.63. The molecule has 2 heterocycles. The molecule has 1 fully saturated rings. The molecule has 6 heteroatoms. The molecule has 0 bridgehead atoms. The first-order valence-electron chi connectivity index (χ1n) is 7.93. The maximum absolute atomic E-state index is 12.9. The summed E-state index contributed by atoms with van der Waals surface area (Å²) in [6.07, 6.45) is 1.76. The van der Waals surface area contributed by atoms with Crippen molar-refractivity contribution in [3.63, 3.8) is 0 Å². The number of piperidine rings is 1. The molecule has 2 aliphatic rings. The molecule has 5 nitrogen and oxygen atoms in total. The molecule has 1 amide bonds. The standard InChI is InChI=1S/C17H24N2O3.ClH/c1-17(2,16(20)19-7-5-13(18)6-8-19)12-3-4-14-15(11-12)22-10-9-21-14;/h3-4,11,13H,5-10,18H2,1-2H3;1H. The van der Waals surface area contributed by atoms with Crippen LogP contribution < -0.4 is 15.2 Å². The quantitative estimate of drug-likeness (QED) is 0.895. The average molecular weight is 341 g/mol. The molecular weight excluding hydrogens is 316 g/mol. The number of hydrogen-bond acceptors (Lipinski definition) is 4. The fourth-order valence-electron chi connectivity index (χ4n) is 3.05. The van der Waals surface area contributed by atoms with E-state index in [0.717, 1.165) is 43.0 Å². The van der Waals surface area contributed by atoms with Crippen LogP contribution in [0.25, 0.3) is 0 Å². The number of likely N-dealkylation sites (tertiary alicyclic amines) is 1. The van der Waals surface area contributed by atoms with Gasteiger partial charge in [0, 0.05) is 19.1 Å². The fourth-order valence-corrected chi connectivity index (χ4v) is 3.05. The molecule has 0 radical (unpaired) electrons. The molecule has 23 heavy (non-hydrogen) atoms. The number of nitrogens with zero attached hydrogens (tertiary/aromatic N) is 1. The van der Waals surface area contributed by atoms with Crippen LogP contribution in [0.5, 0.6) is 11.5 Å². The monoisotopic (exact) mass is 340 g/mol. The highest BCUT2D eigenvalue weighted by Gasteiger charge is 2.35. The van der Waals surface area contributed by atoms with E-state index in [4.69, 9.17) is 15.2 Å². The number of nitrogens with two attached hydrogens (primary N) is 1. The molecule has 0 aromatic heterocycles. The van der Waals surface area contributed by atoms with Crippen molar-refractivity contribution < 1.29 is 14.3 Å². The minimum atomic E-state index is -0.586. The Bertz CT molecular complexity index is 569. The van der Waals surface area contributed by atoms with Gasteiger partial charge in [0.1, 0.15) is 13.2 Å². The molecule has 1 aromatic carbocycles. The lowest BCUT2D eigenvalue weighted by molar-refractivity contribution is -0.137. The first kappa shape index (κ1) is 17.9.